The summed E-state index contributed by atoms with van der Waals surface area (Å²) in [6.07, 6.45) is -2.80. The number of para-hydroxylation sites is 1. The molecular formula is C17H13F3N4. The molecule has 0 saturated carbocycles. The molecule has 0 spiro atoms. The van der Waals surface area contributed by atoms with Crippen LogP contribution in [0.25, 0.3) is 11.3 Å². The molecule has 0 saturated heterocycles. The normalized spacial score (nSPS) is 11.3. The third-order valence-electron chi connectivity index (χ3n) is 3.36. The molecule has 0 unspecified atom stereocenters. The van der Waals surface area contributed by atoms with Crippen LogP contribution in [0.3, 0.4) is 0 Å². The predicted molar refractivity (Wildman–Crippen MR) is 86.6 cm³/mol. The maximum absolute atomic E-state index is 12.6. The summed E-state index contributed by atoms with van der Waals surface area (Å²) in [5.74, 6) is 0.274. The number of hydrogen-bond donors (Lipinski definition) is 2. The van der Waals surface area contributed by atoms with Gasteiger partial charge in [0.15, 0.2) is 0 Å². The van der Waals surface area contributed by atoms with E-state index in [4.69, 9.17) is 5.73 Å². The van der Waals surface area contributed by atoms with Gasteiger partial charge < -0.3 is 11.1 Å². The zero-order chi connectivity index (χ0) is 17.2. The van der Waals surface area contributed by atoms with Gasteiger partial charge in [-0.3, -0.25) is 0 Å². The summed E-state index contributed by atoms with van der Waals surface area (Å²) < 4.78 is 37.7. The standard InChI is InChI=1S/C17H13F3N4/c18-17(19,20)11-5-7-12(8-6-11)23-16-22-10-9-15(24-16)13-3-1-2-4-14(13)21/h1-10H,21H2,(H,22,23,24). The van der Waals surface area contributed by atoms with Gasteiger partial charge in [-0.15, -0.1) is 0 Å². The van der Waals surface area contributed by atoms with Crippen molar-refractivity contribution in [3.05, 3.63) is 66.4 Å². The van der Waals surface area contributed by atoms with E-state index in [1.165, 1.54) is 12.1 Å². The number of nitrogen functional groups attached to an aromatic ring is 1. The van der Waals surface area contributed by atoms with Crippen LogP contribution in [0, 0.1) is 0 Å². The lowest BCUT2D eigenvalue weighted by molar-refractivity contribution is -0.137. The maximum atomic E-state index is 12.6. The lowest BCUT2D eigenvalue weighted by Gasteiger charge is -2.10. The molecule has 3 N–H and O–H groups in total. The van der Waals surface area contributed by atoms with E-state index in [1.807, 2.05) is 18.2 Å². The second-order valence-electron chi connectivity index (χ2n) is 5.05. The quantitative estimate of drug-likeness (QED) is 0.695. The van der Waals surface area contributed by atoms with Crippen LogP contribution in [0.1, 0.15) is 5.56 Å². The van der Waals surface area contributed by atoms with E-state index in [-0.39, 0.29) is 5.95 Å². The first-order chi connectivity index (χ1) is 11.4. The van der Waals surface area contributed by atoms with Gasteiger partial charge in [0.2, 0.25) is 5.95 Å². The summed E-state index contributed by atoms with van der Waals surface area (Å²) >= 11 is 0. The minimum absolute atomic E-state index is 0.274. The number of nitrogens with two attached hydrogens (primary N) is 1. The summed E-state index contributed by atoms with van der Waals surface area (Å²) in [5.41, 5.74) is 7.64. The number of aromatic nitrogens is 2. The summed E-state index contributed by atoms with van der Waals surface area (Å²) in [5, 5.41) is 2.88. The summed E-state index contributed by atoms with van der Waals surface area (Å²) in [7, 11) is 0. The van der Waals surface area contributed by atoms with Crippen LogP contribution in [-0.4, -0.2) is 9.97 Å². The Hall–Kier alpha value is -3.09. The average Bonchev–Trinajstić information content (AvgIpc) is 2.55. The first kappa shape index (κ1) is 15.8. The molecule has 0 aliphatic carbocycles. The Morgan fingerprint density at radius 2 is 1.62 bits per heavy atom. The average molecular weight is 330 g/mol. The molecule has 122 valence electrons. The van der Waals surface area contributed by atoms with Crippen molar-refractivity contribution in [1.82, 2.24) is 9.97 Å². The van der Waals surface area contributed by atoms with Gasteiger partial charge in [0.1, 0.15) is 0 Å². The molecule has 3 aromatic rings. The Bertz CT molecular complexity index is 845. The van der Waals surface area contributed by atoms with Crippen LogP contribution in [0.15, 0.2) is 60.8 Å². The molecular weight excluding hydrogens is 317 g/mol. The van der Waals surface area contributed by atoms with Crippen molar-refractivity contribution in [3.63, 3.8) is 0 Å². The predicted octanol–water partition coefficient (Wildman–Crippen LogP) is 4.49. The van der Waals surface area contributed by atoms with E-state index in [0.29, 0.717) is 17.1 Å². The highest BCUT2D eigenvalue weighted by atomic mass is 19.4. The summed E-state index contributed by atoms with van der Waals surface area (Å²) in [6, 6.07) is 13.6. The van der Waals surface area contributed by atoms with Gasteiger partial charge in [0.25, 0.3) is 0 Å². The summed E-state index contributed by atoms with van der Waals surface area (Å²) in [4.78, 5) is 8.42. The third-order valence-corrected chi connectivity index (χ3v) is 3.36. The van der Waals surface area contributed by atoms with Crippen LogP contribution in [0.5, 0.6) is 0 Å². The molecule has 0 amide bonds. The highest BCUT2D eigenvalue weighted by Crippen LogP contribution is 2.30. The fourth-order valence-corrected chi connectivity index (χ4v) is 2.17. The Balaban J connectivity index is 1.84. The van der Waals surface area contributed by atoms with Gasteiger partial charge in [-0.05, 0) is 36.4 Å². The Labute approximate surface area is 136 Å². The molecule has 7 heteroatoms. The zero-order valence-electron chi connectivity index (χ0n) is 12.4. The van der Waals surface area contributed by atoms with Gasteiger partial charge in [-0.1, -0.05) is 18.2 Å². The molecule has 24 heavy (non-hydrogen) atoms. The number of nitrogens with one attached hydrogen (secondary N) is 1. The van der Waals surface area contributed by atoms with Crippen LogP contribution >= 0.6 is 0 Å². The van der Waals surface area contributed by atoms with E-state index in [0.717, 1.165) is 17.7 Å². The molecule has 0 aliphatic heterocycles. The van der Waals surface area contributed by atoms with Crippen LogP contribution in [0.2, 0.25) is 0 Å². The number of rotatable bonds is 3. The fraction of sp³-hybridized carbons (Fsp3) is 0.0588. The van der Waals surface area contributed by atoms with Gasteiger partial charge in [-0.25, -0.2) is 9.97 Å². The number of nitrogens with zero attached hydrogens (tertiary/aromatic N) is 2. The third kappa shape index (κ3) is 3.45. The van der Waals surface area contributed by atoms with E-state index in [2.05, 4.69) is 15.3 Å². The number of hydrogen-bond acceptors (Lipinski definition) is 4. The molecule has 2 aromatic carbocycles. The van der Waals surface area contributed by atoms with Crippen molar-refractivity contribution in [3.8, 4) is 11.3 Å². The van der Waals surface area contributed by atoms with E-state index >= 15 is 0 Å². The Morgan fingerprint density at radius 1 is 0.917 bits per heavy atom. The SMILES string of the molecule is Nc1ccccc1-c1ccnc(Nc2ccc(C(F)(F)F)cc2)n1. The smallest absolute Gasteiger partial charge is 0.398 e. The zero-order valence-corrected chi connectivity index (χ0v) is 12.4. The Morgan fingerprint density at radius 3 is 2.29 bits per heavy atom. The lowest BCUT2D eigenvalue weighted by Crippen LogP contribution is -2.05. The molecule has 1 heterocycles. The lowest BCUT2D eigenvalue weighted by atomic mass is 10.1. The van der Waals surface area contributed by atoms with Crippen molar-refractivity contribution in [2.75, 3.05) is 11.1 Å². The van der Waals surface area contributed by atoms with Gasteiger partial charge in [-0.2, -0.15) is 13.2 Å². The molecule has 1 aromatic heterocycles. The molecule has 0 fully saturated rings. The highest BCUT2D eigenvalue weighted by molar-refractivity contribution is 5.74. The van der Waals surface area contributed by atoms with Gasteiger partial charge >= 0.3 is 6.18 Å². The largest absolute Gasteiger partial charge is 0.416 e. The van der Waals surface area contributed by atoms with Crippen molar-refractivity contribution in [1.29, 1.82) is 0 Å². The Kier molecular flexibility index (Phi) is 4.07. The topological polar surface area (TPSA) is 63.8 Å². The van der Waals surface area contributed by atoms with Crippen molar-refractivity contribution < 1.29 is 13.2 Å². The molecule has 0 radical (unpaired) electrons. The van der Waals surface area contributed by atoms with Crippen LogP contribution in [-0.2, 0) is 6.18 Å². The van der Waals surface area contributed by atoms with Crippen molar-refractivity contribution in [2.24, 2.45) is 0 Å². The van der Waals surface area contributed by atoms with Crippen LogP contribution < -0.4 is 11.1 Å². The summed E-state index contributed by atoms with van der Waals surface area (Å²) in [6.45, 7) is 0. The maximum Gasteiger partial charge on any atom is 0.416 e. The molecule has 4 nitrogen and oxygen atoms in total. The molecule has 0 aliphatic rings. The molecule has 0 atom stereocenters. The van der Waals surface area contributed by atoms with Crippen molar-refractivity contribution >= 4 is 17.3 Å². The van der Waals surface area contributed by atoms with E-state index < -0.39 is 11.7 Å². The van der Waals surface area contributed by atoms with Crippen LogP contribution in [0.4, 0.5) is 30.5 Å². The first-order valence-electron chi connectivity index (χ1n) is 7.06. The second kappa shape index (κ2) is 6.19. The fourth-order valence-electron chi connectivity index (χ4n) is 2.17. The molecule has 3 rings (SSSR count). The van der Waals surface area contributed by atoms with Crippen molar-refractivity contribution in [2.45, 2.75) is 6.18 Å². The second-order valence-corrected chi connectivity index (χ2v) is 5.05. The number of alkyl halides is 3. The van der Waals surface area contributed by atoms with E-state index in [9.17, 15) is 13.2 Å². The number of halogens is 3. The highest BCUT2D eigenvalue weighted by Gasteiger charge is 2.29. The monoisotopic (exact) mass is 330 g/mol. The number of anilines is 3. The first-order valence-corrected chi connectivity index (χ1v) is 7.06. The minimum atomic E-state index is -4.36. The number of benzene rings is 2. The minimum Gasteiger partial charge on any atom is -0.398 e. The molecule has 0 bridgehead atoms. The van der Waals surface area contributed by atoms with E-state index in [1.54, 1.807) is 18.3 Å². The van der Waals surface area contributed by atoms with Gasteiger partial charge in [0, 0.05) is 23.1 Å². The van der Waals surface area contributed by atoms with Gasteiger partial charge in [0.05, 0.1) is 11.3 Å².